The number of carbonyl (C=O) groups is 1. The first kappa shape index (κ1) is 16.0. The number of hydrogen-bond donors (Lipinski definition) is 2. The molecule has 2 N–H and O–H groups in total. The van der Waals surface area contributed by atoms with Crippen molar-refractivity contribution < 1.29 is 18.3 Å². The Kier molecular flexibility index (Phi) is 3.56. The van der Waals surface area contributed by atoms with E-state index < -0.39 is 32.0 Å². The average Bonchev–Trinajstić information content (AvgIpc) is 2.99. The number of aryl methyl sites for hydroxylation is 1. The Morgan fingerprint density at radius 2 is 1.79 bits per heavy atom. The van der Waals surface area contributed by atoms with Gasteiger partial charge in [-0.3, -0.25) is 9.36 Å². The number of pyridine rings is 1. The molecule has 0 amide bonds. The van der Waals surface area contributed by atoms with E-state index in [1.807, 2.05) is 0 Å². The Bertz CT molecular complexity index is 1120. The number of carboxylic acid groups (broad SMARTS) is 1. The predicted octanol–water partition coefficient (Wildman–Crippen LogP) is 1.71. The Labute approximate surface area is 137 Å². The summed E-state index contributed by atoms with van der Waals surface area (Å²) in [6, 6.07) is 7.39. The molecule has 0 unspecified atom stereocenters. The van der Waals surface area contributed by atoms with Crippen LogP contribution in [0.15, 0.2) is 51.2 Å². The van der Waals surface area contributed by atoms with Crippen LogP contribution in [0.5, 0.6) is 0 Å². The second-order valence-corrected chi connectivity index (χ2v) is 7.30. The molecule has 8 heteroatoms. The van der Waals surface area contributed by atoms with Crippen molar-refractivity contribution >= 4 is 26.7 Å². The molecule has 0 saturated heterocycles. The zero-order valence-corrected chi connectivity index (χ0v) is 13.7. The molecule has 0 radical (unpaired) electrons. The van der Waals surface area contributed by atoms with E-state index in [0.29, 0.717) is 0 Å². The molecule has 0 aliphatic carbocycles. The molecule has 0 aliphatic heterocycles. The normalized spacial score (nSPS) is 11.8. The van der Waals surface area contributed by atoms with E-state index in [1.54, 1.807) is 19.1 Å². The van der Waals surface area contributed by atoms with Crippen molar-refractivity contribution in [1.29, 1.82) is 0 Å². The second-order valence-electron chi connectivity index (χ2n) is 5.43. The fraction of sp³-hybridized carbons (Fsp3) is 0.125. The quantitative estimate of drug-likeness (QED) is 0.750. The van der Waals surface area contributed by atoms with E-state index in [0.717, 1.165) is 10.1 Å². The van der Waals surface area contributed by atoms with Gasteiger partial charge in [0, 0.05) is 18.6 Å². The first-order chi connectivity index (χ1) is 11.2. The predicted molar refractivity (Wildman–Crippen MR) is 87.1 cm³/mol. The molecule has 0 atom stereocenters. The summed E-state index contributed by atoms with van der Waals surface area (Å²) in [5.41, 5.74) is -0.111. The van der Waals surface area contributed by atoms with E-state index in [9.17, 15) is 23.1 Å². The van der Waals surface area contributed by atoms with E-state index >= 15 is 0 Å². The van der Waals surface area contributed by atoms with Crippen molar-refractivity contribution in [3.8, 4) is 0 Å². The highest BCUT2D eigenvalue weighted by Crippen LogP contribution is 2.27. The molecule has 0 spiro atoms. The summed E-state index contributed by atoms with van der Waals surface area (Å²) in [4.78, 5) is 26.7. The van der Waals surface area contributed by atoms with Crippen LogP contribution in [0.1, 0.15) is 15.9 Å². The maximum atomic E-state index is 13.0. The van der Waals surface area contributed by atoms with Gasteiger partial charge in [-0.25, -0.2) is 13.2 Å². The number of carboxylic acids is 1. The van der Waals surface area contributed by atoms with Crippen molar-refractivity contribution in [2.45, 2.75) is 16.8 Å². The fourth-order valence-corrected chi connectivity index (χ4v) is 4.27. The summed E-state index contributed by atoms with van der Waals surface area (Å²) >= 11 is 0. The monoisotopic (exact) mass is 346 g/mol. The number of H-pyrrole nitrogens is 1. The Balaban J connectivity index is 2.47. The number of nitrogens with one attached hydrogen (secondary N) is 1. The zero-order valence-electron chi connectivity index (χ0n) is 12.9. The topological polar surface area (TPSA) is 109 Å². The highest BCUT2D eigenvalue weighted by molar-refractivity contribution is 7.91. The Morgan fingerprint density at radius 3 is 2.38 bits per heavy atom. The maximum Gasteiger partial charge on any atom is 0.339 e. The van der Waals surface area contributed by atoms with Crippen LogP contribution in [0, 0.1) is 6.92 Å². The number of benzene rings is 1. The summed E-state index contributed by atoms with van der Waals surface area (Å²) in [7, 11) is -2.94. The van der Waals surface area contributed by atoms with Crippen LogP contribution in [0.25, 0.3) is 10.9 Å². The number of fused-ring (bicyclic) bond motifs is 1. The smallest absolute Gasteiger partial charge is 0.339 e. The summed E-state index contributed by atoms with van der Waals surface area (Å²) in [5, 5.41) is 9.09. The van der Waals surface area contributed by atoms with Gasteiger partial charge in [0.1, 0.15) is 11.1 Å². The van der Waals surface area contributed by atoms with Crippen molar-refractivity contribution in [2.24, 2.45) is 7.05 Å². The van der Waals surface area contributed by atoms with Crippen LogP contribution in [-0.2, 0) is 16.9 Å². The van der Waals surface area contributed by atoms with E-state index in [-0.39, 0.29) is 15.8 Å². The molecule has 1 aromatic carbocycles. The lowest BCUT2D eigenvalue weighted by Gasteiger charge is -2.13. The molecule has 7 nitrogen and oxygen atoms in total. The molecule has 0 aliphatic rings. The maximum absolute atomic E-state index is 13.0. The molecule has 2 aromatic heterocycles. The van der Waals surface area contributed by atoms with Crippen molar-refractivity contribution in [3.63, 3.8) is 0 Å². The zero-order chi connectivity index (χ0) is 17.6. The van der Waals surface area contributed by atoms with Gasteiger partial charge in [-0.15, -0.1) is 0 Å². The van der Waals surface area contributed by atoms with Gasteiger partial charge >= 0.3 is 5.97 Å². The van der Waals surface area contributed by atoms with E-state index in [4.69, 9.17) is 0 Å². The van der Waals surface area contributed by atoms with Crippen molar-refractivity contribution in [1.82, 2.24) is 9.55 Å². The molecule has 2 heterocycles. The minimum atomic E-state index is -4.19. The minimum absolute atomic E-state index is 0.0535. The van der Waals surface area contributed by atoms with Crippen LogP contribution >= 0.6 is 0 Å². The summed E-state index contributed by atoms with van der Waals surface area (Å²) in [6.45, 7) is 1.81. The Hall–Kier alpha value is -2.87. The van der Waals surface area contributed by atoms with Crippen LogP contribution in [0.4, 0.5) is 0 Å². The molecule has 0 bridgehead atoms. The standard InChI is InChI=1S/C16H14N2O5S/c1-9-3-5-10(6-4-9)24(22,23)15-12(16(20)21)11-7-8-17-13(11)14(19)18(15)2/h3-8,17H,1-2H3,(H,20,21). The van der Waals surface area contributed by atoms with Crippen LogP contribution in [0.2, 0.25) is 0 Å². The molecule has 24 heavy (non-hydrogen) atoms. The highest BCUT2D eigenvalue weighted by atomic mass is 32.2. The lowest BCUT2D eigenvalue weighted by molar-refractivity contribution is 0.0693. The van der Waals surface area contributed by atoms with Gasteiger partial charge in [0.15, 0.2) is 5.03 Å². The van der Waals surface area contributed by atoms with Crippen LogP contribution < -0.4 is 5.56 Å². The molecular weight excluding hydrogens is 332 g/mol. The van der Waals surface area contributed by atoms with Gasteiger partial charge in [0.25, 0.3) is 5.56 Å². The van der Waals surface area contributed by atoms with Crippen LogP contribution in [0.3, 0.4) is 0 Å². The van der Waals surface area contributed by atoms with Gasteiger partial charge in [0.2, 0.25) is 9.84 Å². The lowest BCUT2D eigenvalue weighted by Crippen LogP contribution is -2.27. The minimum Gasteiger partial charge on any atom is -0.478 e. The molecule has 0 fully saturated rings. The van der Waals surface area contributed by atoms with Gasteiger partial charge in [-0.05, 0) is 25.1 Å². The number of hydrogen-bond acceptors (Lipinski definition) is 4. The third kappa shape index (κ3) is 2.23. The highest BCUT2D eigenvalue weighted by Gasteiger charge is 2.31. The fourth-order valence-electron chi connectivity index (χ4n) is 2.65. The lowest BCUT2D eigenvalue weighted by atomic mass is 10.2. The number of aromatic amines is 1. The summed E-state index contributed by atoms with van der Waals surface area (Å²) < 4.78 is 26.8. The third-order valence-electron chi connectivity index (χ3n) is 3.85. The van der Waals surface area contributed by atoms with Gasteiger partial charge < -0.3 is 10.1 Å². The average molecular weight is 346 g/mol. The third-order valence-corrected chi connectivity index (χ3v) is 5.73. The van der Waals surface area contributed by atoms with Crippen LogP contribution in [-0.4, -0.2) is 29.0 Å². The number of rotatable bonds is 3. The number of nitrogens with zero attached hydrogens (tertiary/aromatic N) is 1. The van der Waals surface area contributed by atoms with E-state index in [1.165, 1.54) is 31.4 Å². The van der Waals surface area contributed by atoms with Crippen molar-refractivity contribution in [3.05, 3.63) is 58.0 Å². The molecule has 0 saturated carbocycles. The number of aromatic nitrogens is 2. The van der Waals surface area contributed by atoms with E-state index in [2.05, 4.69) is 4.98 Å². The second kappa shape index (κ2) is 5.34. The molecule has 3 rings (SSSR count). The van der Waals surface area contributed by atoms with Gasteiger partial charge in [-0.1, -0.05) is 17.7 Å². The van der Waals surface area contributed by atoms with Crippen molar-refractivity contribution in [2.75, 3.05) is 0 Å². The SMILES string of the molecule is Cc1ccc(S(=O)(=O)c2c(C(=O)O)c3cc[nH]c3c(=O)n2C)cc1. The first-order valence-electron chi connectivity index (χ1n) is 7.00. The largest absolute Gasteiger partial charge is 0.478 e. The Morgan fingerprint density at radius 1 is 1.17 bits per heavy atom. The first-order valence-corrected chi connectivity index (χ1v) is 8.48. The molecular formula is C16H14N2O5S. The summed E-state index contributed by atoms with van der Waals surface area (Å²) in [5.74, 6) is -1.42. The van der Waals surface area contributed by atoms with Gasteiger partial charge in [0.05, 0.1) is 4.90 Å². The number of aromatic carboxylic acids is 1. The molecule has 3 aromatic rings. The molecule has 124 valence electrons. The summed E-state index contributed by atoms with van der Waals surface area (Å²) in [6.07, 6.45) is 1.40. The van der Waals surface area contributed by atoms with Gasteiger partial charge in [-0.2, -0.15) is 0 Å². The number of sulfone groups is 1.